The Hall–Kier alpha value is -1.88. The van der Waals surface area contributed by atoms with Crippen molar-refractivity contribution >= 4 is 15.7 Å². The van der Waals surface area contributed by atoms with Crippen molar-refractivity contribution in [2.75, 3.05) is 4.72 Å². The van der Waals surface area contributed by atoms with E-state index in [0.717, 1.165) is 11.6 Å². The first-order valence-corrected chi connectivity index (χ1v) is 7.41. The highest BCUT2D eigenvalue weighted by molar-refractivity contribution is 7.91. The minimum atomic E-state index is -3.54. The molecule has 0 fully saturated rings. The minimum absolute atomic E-state index is 0.134. The van der Waals surface area contributed by atoms with Crippen LogP contribution >= 0.6 is 0 Å². The molecular formula is C14H14FNO2S. The summed E-state index contributed by atoms with van der Waals surface area (Å²) in [5.74, 6) is -0.610. The van der Waals surface area contributed by atoms with E-state index in [2.05, 4.69) is 4.72 Å². The molecule has 2 aromatic carbocycles. The maximum Gasteiger partial charge on any atom is 0.236 e. The molecule has 19 heavy (non-hydrogen) atoms. The Bertz CT molecular complexity index is 630. The summed E-state index contributed by atoms with van der Waals surface area (Å²) in [4.78, 5) is 0. The molecule has 0 heterocycles. The Kier molecular flexibility index (Phi) is 3.85. The van der Waals surface area contributed by atoms with Gasteiger partial charge in [-0.3, -0.25) is 4.72 Å². The van der Waals surface area contributed by atoms with Gasteiger partial charge in [0.25, 0.3) is 0 Å². The van der Waals surface area contributed by atoms with E-state index in [1.165, 1.54) is 18.2 Å². The van der Waals surface area contributed by atoms with E-state index in [9.17, 15) is 12.8 Å². The lowest BCUT2D eigenvalue weighted by atomic mass is 10.2. The Balaban J connectivity index is 2.15. The third kappa shape index (κ3) is 4.06. The minimum Gasteiger partial charge on any atom is -0.283 e. The zero-order valence-corrected chi connectivity index (χ0v) is 11.2. The number of halogens is 1. The first-order valence-electron chi connectivity index (χ1n) is 5.76. The molecular weight excluding hydrogens is 265 g/mol. The van der Waals surface area contributed by atoms with Crippen LogP contribution in [0.2, 0.25) is 0 Å². The van der Waals surface area contributed by atoms with Gasteiger partial charge in [-0.05, 0) is 30.7 Å². The van der Waals surface area contributed by atoms with Gasteiger partial charge in [0.05, 0.1) is 11.4 Å². The summed E-state index contributed by atoms with van der Waals surface area (Å²) >= 11 is 0. The van der Waals surface area contributed by atoms with E-state index < -0.39 is 15.8 Å². The molecule has 0 amide bonds. The van der Waals surface area contributed by atoms with Gasteiger partial charge in [-0.1, -0.05) is 35.9 Å². The Morgan fingerprint density at radius 3 is 2.53 bits per heavy atom. The van der Waals surface area contributed by atoms with Crippen LogP contribution in [-0.2, 0) is 15.8 Å². The van der Waals surface area contributed by atoms with E-state index in [4.69, 9.17) is 0 Å². The standard InChI is InChI=1S/C14H14FNO2S/c1-11-4-2-5-12(8-11)10-19(17,18)16-14-7-3-6-13(15)9-14/h2-9,16H,10H2,1H3. The van der Waals surface area contributed by atoms with Gasteiger partial charge in [-0.25, -0.2) is 12.8 Å². The lowest BCUT2D eigenvalue weighted by molar-refractivity contribution is 0.600. The average molecular weight is 279 g/mol. The van der Waals surface area contributed by atoms with Crippen LogP contribution in [0.4, 0.5) is 10.1 Å². The van der Waals surface area contributed by atoms with E-state index >= 15 is 0 Å². The summed E-state index contributed by atoms with van der Waals surface area (Å²) in [5, 5.41) is 0. The Labute approximate surface area is 112 Å². The molecule has 0 aliphatic heterocycles. The fourth-order valence-corrected chi connectivity index (χ4v) is 2.97. The molecule has 0 atom stereocenters. The van der Waals surface area contributed by atoms with Gasteiger partial charge in [0.2, 0.25) is 10.0 Å². The van der Waals surface area contributed by atoms with E-state index in [1.807, 2.05) is 25.1 Å². The smallest absolute Gasteiger partial charge is 0.236 e. The van der Waals surface area contributed by atoms with Crippen molar-refractivity contribution < 1.29 is 12.8 Å². The largest absolute Gasteiger partial charge is 0.283 e. The Morgan fingerprint density at radius 1 is 1.11 bits per heavy atom. The first kappa shape index (κ1) is 13.5. The van der Waals surface area contributed by atoms with Gasteiger partial charge in [0.1, 0.15) is 5.82 Å². The van der Waals surface area contributed by atoms with Gasteiger partial charge in [-0.15, -0.1) is 0 Å². The van der Waals surface area contributed by atoms with E-state index in [0.29, 0.717) is 5.56 Å². The number of anilines is 1. The predicted molar refractivity (Wildman–Crippen MR) is 73.8 cm³/mol. The molecule has 2 rings (SSSR count). The lowest BCUT2D eigenvalue weighted by Gasteiger charge is -2.08. The quantitative estimate of drug-likeness (QED) is 0.935. The van der Waals surface area contributed by atoms with Crippen molar-refractivity contribution in [3.63, 3.8) is 0 Å². The number of nitrogens with one attached hydrogen (secondary N) is 1. The molecule has 0 saturated carbocycles. The van der Waals surface area contributed by atoms with Crippen molar-refractivity contribution in [1.29, 1.82) is 0 Å². The third-order valence-corrected chi connectivity index (χ3v) is 3.80. The van der Waals surface area contributed by atoms with Gasteiger partial charge in [0, 0.05) is 0 Å². The van der Waals surface area contributed by atoms with Crippen molar-refractivity contribution in [1.82, 2.24) is 0 Å². The summed E-state index contributed by atoms with van der Waals surface area (Å²) in [7, 11) is -3.54. The molecule has 5 heteroatoms. The topological polar surface area (TPSA) is 46.2 Å². The zero-order valence-electron chi connectivity index (χ0n) is 10.4. The predicted octanol–water partition coefficient (Wildman–Crippen LogP) is 3.08. The number of hydrogen-bond donors (Lipinski definition) is 1. The number of sulfonamides is 1. The van der Waals surface area contributed by atoms with Crippen LogP contribution in [0.25, 0.3) is 0 Å². The van der Waals surface area contributed by atoms with Crippen LogP contribution in [0, 0.1) is 12.7 Å². The summed E-state index contributed by atoms with van der Waals surface area (Å²) in [6.07, 6.45) is 0. The van der Waals surface area contributed by atoms with E-state index in [-0.39, 0.29) is 11.4 Å². The second kappa shape index (κ2) is 5.40. The van der Waals surface area contributed by atoms with Crippen LogP contribution in [-0.4, -0.2) is 8.42 Å². The second-order valence-electron chi connectivity index (χ2n) is 4.36. The number of benzene rings is 2. The monoisotopic (exact) mass is 279 g/mol. The van der Waals surface area contributed by atoms with Gasteiger partial charge in [-0.2, -0.15) is 0 Å². The highest BCUT2D eigenvalue weighted by Crippen LogP contribution is 2.14. The molecule has 0 aromatic heterocycles. The fourth-order valence-electron chi connectivity index (χ4n) is 1.79. The first-order chi connectivity index (χ1) is 8.94. The van der Waals surface area contributed by atoms with Crippen LogP contribution in [0.1, 0.15) is 11.1 Å². The van der Waals surface area contributed by atoms with Crippen LogP contribution in [0.5, 0.6) is 0 Å². The molecule has 0 aliphatic rings. The van der Waals surface area contributed by atoms with Crippen LogP contribution < -0.4 is 4.72 Å². The van der Waals surface area contributed by atoms with E-state index in [1.54, 1.807) is 6.07 Å². The molecule has 2 aromatic rings. The van der Waals surface area contributed by atoms with Gasteiger partial charge < -0.3 is 0 Å². The van der Waals surface area contributed by atoms with Crippen molar-refractivity contribution in [2.45, 2.75) is 12.7 Å². The van der Waals surface area contributed by atoms with Crippen molar-refractivity contribution in [3.8, 4) is 0 Å². The van der Waals surface area contributed by atoms with Gasteiger partial charge >= 0.3 is 0 Å². The SMILES string of the molecule is Cc1cccc(CS(=O)(=O)Nc2cccc(F)c2)c1. The molecule has 0 aliphatic carbocycles. The summed E-state index contributed by atoms with van der Waals surface area (Å²) in [6.45, 7) is 1.90. The highest BCUT2D eigenvalue weighted by Gasteiger charge is 2.12. The molecule has 1 N–H and O–H groups in total. The second-order valence-corrected chi connectivity index (χ2v) is 6.08. The van der Waals surface area contributed by atoms with Crippen molar-refractivity contribution in [3.05, 3.63) is 65.5 Å². The zero-order chi connectivity index (χ0) is 13.9. The average Bonchev–Trinajstić information content (AvgIpc) is 2.27. The fraction of sp³-hybridized carbons (Fsp3) is 0.143. The number of hydrogen-bond acceptors (Lipinski definition) is 2. The summed E-state index contributed by atoms with van der Waals surface area (Å²) < 4.78 is 39.3. The molecule has 0 saturated heterocycles. The maximum atomic E-state index is 13.0. The molecule has 0 unspecified atom stereocenters. The third-order valence-electron chi connectivity index (χ3n) is 2.54. The van der Waals surface area contributed by atoms with Crippen LogP contribution in [0.3, 0.4) is 0 Å². The normalized spacial score (nSPS) is 11.3. The number of rotatable bonds is 4. The maximum absolute atomic E-state index is 13.0. The molecule has 0 bridgehead atoms. The lowest BCUT2D eigenvalue weighted by Crippen LogP contribution is -2.15. The Morgan fingerprint density at radius 2 is 1.84 bits per heavy atom. The summed E-state index contributed by atoms with van der Waals surface area (Å²) in [5.41, 5.74) is 1.93. The molecule has 0 spiro atoms. The van der Waals surface area contributed by atoms with Gasteiger partial charge in [0.15, 0.2) is 0 Å². The summed E-state index contributed by atoms with van der Waals surface area (Å²) in [6, 6.07) is 12.6. The highest BCUT2D eigenvalue weighted by atomic mass is 32.2. The number of aryl methyl sites for hydroxylation is 1. The molecule has 0 radical (unpaired) electrons. The van der Waals surface area contributed by atoms with Crippen LogP contribution in [0.15, 0.2) is 48.5 Å². The van der Waals surface area contributed by atoms with Crippen molar-refractivity contribution in [2.24, 2.45) is 0 Å². The molecule has 3 nitrogen and oxygen atoms in total. The molecule has 100 valence electrons.